The van der Waals surface area contributed by atoms with Crippen molar-refractivity contribution in [3.05, 3.63) is 59.8 Å². The molecule has 3 heterocycles. The van der Waals surface area contributed by atoms with Gasteiger partial charge in [0, 0.05) is 18.9 Å². The predicted octanol–water partition coefficient (Wildman–Crippen LogP) is 1.29. The number of fused-ring (bicyclic) bond motifs is 1. The van der Waals surface area contributed by atoms with E-state index in [1.54, 1.807) is 30.5 Å². The fraction of sp³-hybridized carbons (Fsp3) is 0.174. The van der Waals surface area contributed by atoms with Crippen molar-refractivity contribution in [3.63, 3.8) is 0 Å². The highest BCUT2D eigenvalue weighted by atomic mass is 16.2. The van der Waals surface area contributed by atoms with Gasteiger partial charge in [-0.05, 0) is 30.7 Å². The Morgan fingerprint density at radius 1 is 1.03 bits per heavy atom. The van der Waals surface area contributed by atoms with Crippen LogP contribution >= 0.6 is 0 Å². The van der Waals surface area contributed by atoms with Crippen molar-refractivity contribution >= 4 is 35.2 Å². The van der Waals surface area contributed by atoms with Gasteiger partial charge in [0.1, 0.15) is 11.7 Å². The first-order valence-corrected chi connectivity index (χ1v) is 10.5. The molecule has 2 aliphatic rings. The highest BCUT2D eigenvalue weighted by molar-refractivity contribution is 6.23. The Labute approximate surface area is 192 Å². The molecule has 170 valence electrons. The number of hydrogen-bond acceptors (Lipinski definition) is 7. The van der Waals surface area contributed by atoms with Crippen molar-refractivity contribution in [2.24, 2.45) is 0 Å². The summed E-state index contributed by atoms with van der Waals surface area (Å²) in [6, 6.07) is 10.7. The lowest BCUT2D eigenvalue weighted by Crippen LogP contribution is -2.54. The summed E-state index contributed by atoms with van der Waals surface area (Å²) >= 11 is 0. The monoisotopic (exact) mass is 458 g/mol. The third-order valence-corrected chi connectivity index (χ3v) is 5.69. The van der Waals surface area contributed by atoms with Gasteiger partial charge >= 0.3 is 0 Å². The highest BCUT2D eigenvalue weighted by Crippen LogP contribution is 2.30. The number of anilines is 1. The standard InChI is InChI=1S/C23H18N6O5/c1-12(30)24-17-5-3-2-4-15(17)18-11-28(27-26-18)13-6-7-14-16(10-13)23(34)29(22(14)33)19-8-9-20(31)25-21(19)32/h2-7,10-11,19H,8-9H2,1H3,(H,24,30)(H,25,31,32). The number of piperidine rings is 1. The minimum absolute atomic E-state index is 0.0523. The minimum atomic E-state index is -1.03. The van der Waals surface area contributed by atoms with Crippen LogP contribution in [0.2, 0.25) is 0 Å². The molecule has 0 bridgehead atoms. The Kier molecular flexibility index (Phi) is 5.01. The zero-order chi connectivity index (χ0) is 24.0. The SMILES string of the molecule is CC(=O)Nc1ccccc1-c1cn(-c2ccc3c(c2)C(=O)N(C2CCC(=O)NC2=O)C3=O)nn1. The average molecular weight is 458 g/mol. The molecular weight excluding hydrogens is 440 g/mol. The van der Waals surface area contributed by atoms with Crippen LogP contribution in [0, 0.1) is 0 Å². The maximum atomic E-state index is 13.0. The van der Waals surface area contributed by atoms with Crippen LogP contribution < -0.4 is 10.6 Å². The molecule has 0 radical (unpaired) electrons. The molecule has 0 spiro atoms. The number of nitrogens with zero attached hydrogens (tertiary/aromatic N) is 4. The summed E-state index contributed by atoms with van der Waals surface area (Å²) < 4.78 is 1.45. The summed E-state index contributed by atoms with van der Waals surface area (Å²) in [5.74, 6) is -2.49. The van der Waals surface area contributed by atoms with Crippen LogP contribution in [0.5, 0.6) is 0 Å². The molecule has 11 nitrogen and oxygen atoms in total. The van der Waals surface area contributed by atoms with Crippen molar-refractivity contribution in [2.75, 3.05) is 5.32 Å². The van der Waals surface area contributed by atoms with E-state index in [-0.39, 0.29) is 29.9 Å². The fourth-order valence-corrected chi connectivity index (χ4v) is 4.12. The number of amides is 5. The molecule has 2 aliphatic heterocycles. The number of rotatable bonds is 4. The van der Waals surface area contributed by atoms with E-state index in [1.807, 2.05) is 6.07 Å². The van der Waals surface area contributed by atoms with Gasteiger partial charge in [-0.1, -0.05) is 23.4 Å². The molecule has 2 N–H and O–H groups in total. The third kappa shape index (κ3) is 3.52. The summed E-state index contributed by atoms with van der Waals surface area (Å²) in [7, 11) is 0. The van der Waals surface area contributed by atoms with E-state index in [1.165, 1.54) is 23.7 Å². The van der Waals surface area contributed by atoms with E-state index in [4.69, 9.17) is 0 Å². The van der Waals surface area contributed by atoms with Gasteiger partial charge in [-0.3, -0.25) is 34.2 Å². The van der Waals surface area contributed by atoms with E-state index in [0.29, 0.717) is 22.6 Å². The van der Waals surface area contributed by atoms with E-state index in [0.717, 1.165) is 4.90 Å². The first-order valence-electron chi connectivity index (χ1n) is 10.5. The van der Waals surface area contributed by atoms with Gasteiger partial charge in [0.15, 0.2) is 0 Å². The maximum absolute atomic E-state index is 13.0. The van der Waals surface area contributed by atoms with Gasteiger partial charge in [0.2, 0.25) is 17.7 Å². The molecule has 0 aliphatic carbocycles. The van der Waals surface area contributed by atoms with Crippen LogP contribution in [0.3, 0.4) is 0 Å². The summed E-state index contributed by atoms with van der Waals surface area (Å²) in [6.07, 6.45) is 1.78. The molecule has 11 heteroatoms. The van der Waals surface area contributed by atoms with Crippen LogP contribution in [0.4, 0.5) is 5.69 Å². The Morgan fingerprint density at radius 2 is 1.79 bits per heavy atom. The van der Waals surface area contributed by atoms with E-state index in [2.05, 4.69) is 20.9 Å². The molecule has 2 aromatic carbocycles. The van der Waals surface area contributed by atoms with Crippen molar-refractivity contribution < 1.29 is 24.0 Å². The number of carbonyl (C=O) groups is 5. The summed E-state index contributed by atoms with van der Waals surface area (Å²) in [5, 5.41) is 13.2. The summed E-state index contributed by atoms with van der Waals surface area (Å²) in [5.41, 5.74) is 2.55. The first kappa shape index (κ1) is 21.2. The number of benzene rings is 2. The Hall–Kier alpha value is -4.67. The zero-order valence-corrected chi connectivity index (χ0v) is 17.9. The molecule has 3 aromatic rings. The molecule has 5 amide bonds. The number of nitrogens with one attached hydrogen (secondary N) is 2. The van der Waals surface area contributed by atoms with Crippen molar-refractivity contribution in [1.29, 1.82) is 0 Å². The molecule has 1 aromatic heterocycles. The number of aromatic nitrogens is 3. The van der Waals surface area contributed by atoms with Crippen LogP contribution in [-0.4, -0.2) is 55.5 Å². The molecule has 0 saturated carbocycles. The topological polar surface area (TPSA) is 143 Å². The largest absolute Gasteiger partial charge is 0.326 e. The van der Waals surface area contributed by atoms with Gasteiger partial charge in [-0.25, -0.2) is 4.68 Å². The lowest BCUT2D eigenvalue weighted by atomic mass is 10.0. The smallest absolute Gasteiger partial charge is 0.262 e. The summed E-state index contributed by atoms with van der Waals surface area (Å²) in [4.78, 5) is 62.0. The van der Waals surface area contributed by atoms with Crippen molar-refractivity contribution in [3.8, 4) is 16.9 Å². The predicted molar refractivity (Wildman–Crippen MR) is 118 cm³/mol. The average Bonchev–Trinajstić information content (AvgIpc) is 3.38. The minimum Gasteiger partial charge on any atom is -0.326 e. The third-order valence-electron chi connectivity index (χ3n) is 5.69. The zero-order valence-electron chi connectivity index (χ0n) is 17.9. The second-order valence-corrected chi connectivity index (χ2v) is 7.95. The Balaban J connectivity index is 1.45. The molecule has 1 saturated heterocycles. The number of carbonyl (C=O) groups excluding carboxylic acids is 5. The molecule has 1 unspecified atom stereocenters. The second kappa shape index (κ2) is 8.03. The number of imide groups is 2. The lowest BCUT2D eigenvalue weighted by molar-refractivity contribution is -0.136. The quantitative estimate of drug-likeness (QED) is 0.561. The fourth-order valence-electron chi connectivity index (χ4n) is 4.12. The van der Waals surface area contributed by atoms with E-state index >= 15 is 0 Å². The molecule has 34 heavy (non-hydrogen) atoms. The molecular formula is C23H18N6O5. The van der Waals surface area contributed by atoms with Crippen LogP contribution in [-0.2, 0) is 14.4 Å². The Bertz CT molecular complexity index is 1390. The Morgan fingerprint density at radius 3 is 2.56 bits per heavy atom. The molecule has 1 atom stereocenters. The molecule has 5 rings (SSSR count). The van der Waals surface area contributed by atoms with Gasteiger partial charge in [-0.15, -0.1) is 5.10 Å². The van der Waals surface area contributed by atoms with Gasteiger partial charge in [0.25, 0.3) is 11.8 Å². The molecule has 1 fully saturated rings. The van der Waals surface area contributed by atoms with Crippen LogP contribution in [0.25, 0.3) is 16.9 Å². The van der Waals surface area contributed by atoms with Gasteiger partial charge < -0.3 is 5.32 Å². The normalized spacial score (nSPS) is 17.6. The van der Waals surface area contributed by atoms with Crippen molar-refractivity contribution in [2.45, 2.75) is 25.8 Å². The lowest BCUT2D eigenvalue weighted by Gasteiger charge is -2.27. The number of para-hydroxylation sites is 1. The van der Waals surface area contributed by atoms with E-state index < -0.39 is 29.7 Å². The van der Waals surface area contributed by atoms with Gasteiger partial charge in [-0.2, -0.15) is 0 Å². The maximum Gasteiger partial charge on any atom is 0.262 e. The van der Waals surface area contributed by atoms with Crippen LogP contribution in [0.1, 0.15) is 40.5 Å². The summed E-state index contributed by atoms with van der Waals surface area (Å²) in [6.45, 7) is 1.41. The highest BCUT2D eigenvalue weighted by Gasteiger charge is 2.44. The van der Waals surface area contributed by atoms with E-state index in [9.17, 15) is 24.0 Å². The number of hydrogen-bond donors (Lipinski definition) is 2. The van der Waals surface area contributed by atoms with Gasteiger partial charge in [0.05, 0.1) is 28.7 Å². The van der Waals surface area contributed by atoms with Crippen LogP contribution in [0.15, 0.2) is 48.7 Å². The van der Waals surface area contributed by atoms with Crippen molar-refractivity contribution in [1.82, 2.24) is 25.2 Å². The first-order chi connectivity index (χ1) is 16.3. The second-order valence-electron chi connectivity index (χ2n) is 7.95.